The van der Waals surface area contributed by atoms with Gasteiger partial charge in [0.25, 0.3) is 0 Å². The third kappa shape index (κ3) is 3.34. The van der Waals surface area contributed by atoms with Crippen LogP contribution in [0, 0.1) is 0 Å². The molecule has 0 aromatic carbocycles. The zero-order valence-electron chi connectivity index (χ0n) is 9.58. The Balaban J connectivity index is 1.67. The third-order valence-electron chi connectivity index (χ3n) is 3.16. The predicted octanol–water partition coefficient (Wildman–Crippen LogP) is 3.08. The van der Waals surface area contributed by atoms with E-state index in [0.717, 1.165) is 24.3 Å². The fourth-order valence-corrected chi connectivity index (χ4v) is 3.07. The van der Waals surface area contributed by atoms with Crippen LogP contribution in [0.1, 0.15) is 25.7 Å². The first-order chi connectivity index (χ1) is 7.75. The number of anilines is 1. The molecule has 1 saturated carbocycles. The molecule has 90 valence electrons. The van der Waals surface area contributed by atoms with Crippen LogP contribution in [0.2, 0.25) is 5.15 Å². The SMILES string of the molecule is CN(CCNc1nc(Cl)cs1)C1CCCC1. The molecule has 0 aliphatic heterocycles. The smallest absolute Gasteiger partial charge is 0.184 e. The lowest BCUT2D eigenvalue weighted by molar-refractivity contribution is 0.254. The van der Waals surface area contributed by atoms with E-state index in [9.17, 15) is 0 Å². The second-order valence-corrected chi connectivity index (χ2v) is 5.57. The van der Waals surface area contributed by atoms with Gasteiger partial charge in [-0.15, -0.1) is 11.3 Å². The summed E-state index contributed by atoms with van der Waals surface area (Å²) in [5.41, 5.74) is 0. The summed E-state index contributed by atoms with van der Waals surface area (Å²) in [5, 5.41) is 6.65. The summed E-state index contributed by atoms with van der Waals surface area (Å²) in [5.74, 6) is 0. The van der Waals surface area contributed by atoms with Gasteiger partial charge in [-0.25, -0.2) is 4.98 Å². The second kappa shape index (κ2) is 5.84. The van der Waals surface area contributed by atoms with Gasteiger partial charge in [-0.1, -0.05) is 24.4 Å². The van der Waals surface area contributed by atoms with E-state index in [1.807, 2.05) is 5.38 Å². The van der Waals surface area contributed by atoms with Crippen molar-refractivity contribution in [2.24, 2.45) is 0 Å². The van der Waals surface area contributed by atoms with Crippen molar-refractivity contribution in [1.29, 1.82) is 0 Å². The summed E-state index contributed by atoms with van der Waals surface area (Å²) in [6.07, 6.45) is 5.51. The Morgan fingerprint density at radius 1 is 1.56 bits per heavy atom. The number of hydrogen-bond donors (Lipinski definition) is 1. The summed E-state index contributed by atoms with van der Waals surface area (Å²) < 4.78 is 0. The molecule has 1 heterocycles. The van der Waals surface area contributed by atoms with Gasteiger partial charge in [0, 0.05) is 24.5 Å². The van der Waals surface area contributed by atoms with Crippen LogP contribution in [0.3, 0.4) is 0 Å². The normalized spacial score (nSPS) is 17.2. The van der Waals surface area contributed by atoms with Gasteiger partial charge in [0.15, 0.2) is 5.13 Å². The molecule has 3 nitrogen and oxygen atoms in total. The van der Waals surface area contributed by atoms with Crippen LogP contribution in [0.5, 0.6) is 0 Å². The molecule has 1 aromatic heterocycles. The number of thiazole rings is 1. The topological polar surface area (TPSA) is 28.2 Å². The maximum Gasteiger partial charge on any atom is 0.184 e. The van der Waals surface area contributed by atoms with E-state index in [1.54, 1.807) is 11.3 Å². The number of rotatable bonds is 5. The molecule has 0 atom stereocenters. The monoisotopic (exact) mass is 259 g/mol. The number of aromatic nitrogens is 1. The van der Waals surface area contributed by atoms with Crippen molar-refractivity contribution in [3.05, 3.63) is 10.5 Å². The van der Waals surface area contributed by atoms with Crippen LogP contribution >= 0.6 is 22.9 Å². The first kappa shape index (κ1) is 12.1. The summed E-state index contributed by atoms with van der Waals surface area (Å²) in [7, 11) is 2.21. The summed E-state index contributed by atoms with van der Waals surface area (Å²) in [4.78, 5) is 6.61. The molecule has 0 unspecified atom stereocenters. The van der Waals surface area contributed by atoms with Gasteiger partial charge in [0.05, 0.1) is 0 Å². The average Bonchev–Trinajstić information content (AvgIpc) is 2.89. The molecule has 0 spiro atoms. The quantitative estimate of drug-likeness (QED) is 0.881. The Bertz CT molecular complexity index is 323. The molecule has 1 aliphatic carbocycles. The maximum atomic E-state index is 5.75. The molecule has 1 aliphatic rings. The van der Waals surface area contributed by atoms with Crippen LogP contribution in [0.15, 0.2) is 5.38 Å². The van der Waals surface area contributed by atoms with E-state index < -0.39 is 0 Å². The van der Waals surface area contributed by atoms with Crippen molar-refractivity contribution in [1.82, 2.24) is 9.88 Å². The molecular formula is C11H18ClN3S. The maximum absolute atomic E-state index is 5.75. The van der Waals surface area contributed by atoms with Crippen LogP contribution in [0.25, 0.3) is 0 Å². The van der Waals surface area contributed by atoms with Crippen LogP contribution in [-0.2, 0) is 0 Å². The molecule has 0 bridgehead atoms. The summed E-state index contributed by atoms with van der Waals surface area (Å²) in [6, 6.07) is 0.793. The molecule has 1 N–H and O–H groups in total. The van der Waals surface area contributed by atoms with Gasteiger partial charge in [-0.2, -0.15) is 0 Å². The number of halogens is 1. The van der Waals surface area contributed by atoms with E-state index in [2.05, 4.69) is 22.2 Å². The number of likely N-dealkylation sites (N-methyl/N-ethyl adjacent to an activating group) is 1. The first-order valence-electron chi connectivity index (χ1n) is 5.81. The fourth-order valence-electron chi connectivity index (χ4n) is 2.20. The Kier molecular flexibility index (Phi) is 4.44. The average molecular weight is 260 g/mol. The molecule has 0 saturated heterocycles. The second-order valence-electron chi connectivity index (χ2n) is 4.32. The van der Waals surface area contributed by atoms with E-state index in [0.29, 0.717) is 5.15 Å². The van der Waals surface area contributed by atoms with Crippen molar-refractivity contribution < 1.29 is 0 Å². The molecule has 16 heavy (non-hydrogen) atoms. The minimum Gasteiger partial charge on any atom is -0.360 e. The predicted molar refractivity (Wildman–Crippen MR) is 70.5 cm³/mol. The minimum atomic E-state index is 0.580. The van der Waals surface area contributed by atoms with Gasteiger partial charge in [0.1, 0.15) is 5.15 Å². The van der Waals surface area contributed by atoms with Crippen LogP contribution in [0.4, 0.5) is 5.13 Å². The van der Waals surface area contributed by atoms with Crippen LogP contribution in [-0.4, -0.2) is 36.1 Å². The van der Waals surface area contributed by atoms with Gasteiger partial charge < -0.3 is 10.2 Å². The highest BCUT2D eigenvalue weighted by Crippen LogP contribution is 2.22. The lowest BCUT2D eigenvalue weighted by atomic mass is 10.2. The Hall–Kier alpha value is -0.320. The van der Waals surface area contributed by atoms with Gasteiger partial charge in [0.2, 0.25) is 0 Å². The molecular weight excluding hydrogens is 242 g/mol. The molecule has 0 amide bonds. The fraction of sp³-hybridized carbons (Fsp3) is 0.727. The third-order valence-corrected chi connectivity index (χ3v) is 4.29. The summed E-state index contributed by atoms with van der Waals surface area (Å²) in [6.45, 7) is 2.01. The van der Waals surface area contributed by atoms with E-state index in [-0.39, 0.29) is 0 Å². The van der Waals surface area contributed by atoms with Gasteiger partial charge >= 0.3 is 0 Å². The van der Waals surface area contributed by atoms with Crippen LogP contribution < -0.4 is 5.32 Å². The molecule has 0 radical (unpaired) electrons. The van der Waals surface area contributed by atoms with Crippen molar-refractivity contribution in [3.8, 4) is 0 Å². The van der Waals surface area contributed by atoms with Gasteiger partial charge in [-0.05, 0) is 19.9 Å². The standard InChI is InChI=1S/C11H18ClN3S/c1-15(9-4-2-3-5-9)7-6-13-11-14-10(12)8-16-11/h8-9H,2-7H2,1H3,(H,13,14). The van der Waals surface area contributed by atoms with Crippen molar-refractivity contribution in [2.45, 2.75) is 31.7 Å². The Morgan fingerprint density at radius 3 is 2.94 bits per heavy atom. The van der Waals surface area contributed by atoms with E-state index >= 15 is 0 Å². The van der Waals surface area contributed by atoms with Gasteiger partial charge in [-0.3, -0.25) is 0 Å². The highest BCUT2D eigenvalue weighted by atomic mass is 35.5. The Morgan fingerprint density at radius 2 is 2.31 bits per heavy atom. The number of hydrogen-bond acceptors (Lipinski definition) is 4. The number of nitrogens with one attached hydrogen (secondary N) is 1. The summed E-state index contributed by atoms with van der Waals surface area (Å²) >= 11 is 7.32. The van der Waals surface area contributed by atoms with Crippen molar-refractivity contribution in [2.75, 3.05) is 25.5 Å². The molecule has 5 heteroatoms. The molecule has 1 aromatic rings. The van der Waals surface area contributed by atoms with Crippen molar-refractivity contribution >= 4 is 28.1 Å². The van der Waals surface area contributed by atoms with Crippen molar-refractivity contribution in [3.63, 3.8) is 0 Å². The lowest BCUT2D eigenvalue weighted by Gasteiger charge is -2.23. The van der Waals surface area contributed by atoms with E-state index in [1.165, 1.54) is 25.7 Å². The zero-order chi connectivity index (χ0) is 11.4. The largest absolute Gasteiger partial charge is 0.360 e. The Labute approximate surface area is 106 Å². The highest BCUT2D eigenvalue weighted by Gasteiger charge is 2.18. The zero-order valence-corrected chi connectivity index (χ0v) is 11.2. The molecule has 2 rings (SSSR count). The number of nitrogens with zero attached hydrogens (tertiary/aromatic N) is 2. The highest BCUT2D eigenvalue weighted by molar-refractivity contribution is 7.14. The minimum absolute atomic E-state index is 0.580. The molecule has 1 fully saturated rings. The first-order valence-corrected chi connectivity index (χ1v) is 7.06. The lowest BCUT2D eigenvalue weighted by Crippen LogP contribution is -2.33. The van der Waals surface area contributed by atoms with E-state index in [4.69, 9.17) is 11.6 Å².